The molecule has 35 nitrogen and oxygen atoms in total. The molecule has 3 aromatic carbocycles. The lowest BCUT2D eigenvalue weighted by molar-refractivity contribution is -0.136. The Morgan fingerprint density at radius 3 is 1.06 bits per heavy atom. The van der Waals surface area contributed by atoms with E-state index in [0.717, 1.165) is 10.9 Å². The van der Waals surface area contributed by atoms with Crippen molar-refractivity contribution < 1.29 is 52.7 Å². The van der Waals surface area contributed by atoms with Gasteiger partial charge in [-0.05, 0) is 92.2 Å². The summed E-state index contributed by atoms with van der Waals surface area (Å²) in [6, 6.07) is 8.54. The van der Waals surface area contributed by atoms with Crippen LogP contribution in [0.5, 0.6) is 0 Å². The van der Waals surface area contributed by atoms with Crippen LogP contribution in [0.25, 0.3) is 32.7 Å². The van der Waals surface area contributed by atoms with Crippen LogP contribution < -0.4 is 98.6 Å². The Kier molecular flexibility index (Phi) is 30.4. The average molecular weight is 1410 g/mol. The summed E-state index contributed by atoms with van der Waals surface area (Å²) in [4.78, 5) is 164. The third-order valence-corrected chi connectivity index (χ3v) is 17.2. The van der Waals surface area contributed by atoms with Gasteiger partial charge in [-0.3, -0.25) is 69.0 Å². The van der Waals surface area contributed by atoms with Gasteiger partial charge in [0.1, 0.15) is 48.3 Å². The van der Waals surface area contributed by atoms with Gasteiger partial charge < -0.3 is 114 Å². The number of guanidine groups is 3. The number of hydrogen-bond acceptors (Lipinski definition) is 15. The first kappa shape index (κ1) is 79.2. The molecule has 0 bridgehead atoms. The predicted molar refractivity (Wildman–Crippen MR) is 382 cm³/mol. The van der Waals surface area contributed by atoms with Crippen molar-refractivity contribution in [3.63, 3.8) is 0 Å². The lowest BCUT2D eigenvalue weighted by Gasteiger charge is -2.30. The standard InChI is InChI=1S/C67H96N24O11/c1-3-35(2)55(91-61(99)49(23-25-54(70)93)84-57(95)42(68)16-10-26-78-65(72)73)64(102)87-47(21-12-28-80-67(76)77)58(96)85-46(20-11-27-79-66(74)75)59(97)89-52(31-38-34-83-45-19-9-6-15-41(38)45)63(101)90-51(30-37-33-82-44-18-8-5-14-40(37)44)62(100)86-48(22-24-53(69)92)60(98)88-50(56(71)94)29-36-32-81-43-17-7-4-13-39(36)43/h4-9,13-15,17-19,32-35,42,46-52,55,81-83H,3,10-12,16,20-31,68H2,1-2H3,(H2,69,92)(H2,70,93)(H2,71,94)(H,84,95)(H,85,96)(H,86,100)(H,87,102)(H,88,98)(H,89,97)(H,90,101)(H,91,99)(H4,72,73,78)(H4,74,75,79)(H4,76,77,80)/t35-,42-,46-,47-,48-,49-,50-,51-,52-,55-/m0/s1. The summed E-state index contributed by atoms with van der Waals surface area (Å²) in [5.74, 6) is -11.4. The van der Waals surface area contributed by atoms with Gasteiger partial charge in [0.15, 0.2) is 17.9 Å². The molecule has 6 rings (SSSR count). The molecule has 550 valence electrons. The van der Waals surface area contributed by atoms with Gasteiger partial charge >= 0.3 is 0 Å². The lowest BCUT2D eigenvalue weighted by atomic mass is 9.96. The summed E-state index contributed by atoms with van der Waals surface area (Å²) in [5.41, 5.74) is 43.4. The van der Waals surface area contributed by atoms with Crippen molar-refractivity contribution >= 4 is 116 Å². The largest absolute Gasteiger partial charge is 0.370 e. The SMILES string of the molecule is CC[C@H](C)[C@H](NC(=O)[C@H](CCC(N)=O)NC(=O)[C@@H](N)CCCNC(=N)N)C(=O)N[C@@H](CCCNC(=N)N)C(=O)N[C@@H](CCCNC(=N)N)C(=O)N[C@@H](Cc1c[nH]c2ccccc12)C(=O)N[C@@H](Cc1c[nH]c2ccccc12)C(=O)N[C@@H](CCC(N)=O)C(=O)N[C@@H](Cc1c[nH]c2ccccc12)C(N)=O. The number of rotatable bonds is 43. The minimum absolute atomic E-state index is 0.0171. The number of carbonyl (C=O) groups is 11. The van der Waals surface area contributed by atoms with Gasteiger partial charge in [0.2, 0.25) is 65.0 Å². The van der Waals surface area contributed by atoms with E-state index in [9.17, 15) is 38.4 Å². The number of H-pyrrole nitrogens is 3. The van der Waals surface area contributed by atoms with E-state index in [4.69, 9.17) is 56.4 Å². The number of aromatic nitrogens is 3. The van der Waals surface area contributed by atoms with Crippen molar-refractivity contribution in [1.29, 1.82) is 16.2 Å². The van der Waals surface area contributed by atoms with Crippen LogP contribution in [0.15, 0.2) is 91.4 Å². The highest BCUT2D eigenvalue weighted by Crippen LogP contribution is 2.23. The zero-order chi connectivity index (χ0) is 74.6. The molecule has 0 radical (unpaired) electrons. The van der Waals surface area contributed by atoms with Gasteiger partial charge in [0.25, 0.3) is 0 Å². The monoisotopic (exact) mass is 1410 g/mol. The van der Waals surface area contributed by atoms with E-state index < -0.39 is 144 Å². The Hall–Kier alpha value is -11.8. The van der Waals surface area contributed by atoms with E-state index in [1.165, 1.54) is 0 Å². The molecule has 0 spiro atoms. The van der Waals surface area contributed by atoms with Crippen LogP contribution in [0.3, 0.4) is 0 Å². The molecule has 0 fully saturated rings. The number of nitrogens with two attached hydrogens (primary N) is 7. The van der Waals surface area contributed by atoms with Gasteiger partial charge in [-0.15, -0.1) is 0 Å². The number of hydrogen-bond donors (Lipinski definition) is 24. The average Bonchev–Trinajstić information content (AvgIpc) is 1.68. The summed E-state index contributed by atoms with van der Waals surface area (Å²) in [5, 5.41) is 54.4. The molecule has 102 heavy (non-hydrogen) atoms. The maximum absolute atomic E-state index is 15.4. The van der Waals surface area contributed by atoms with E-state index >= 15 is 14.4 Å². The second kappa shape index (κ2) is 39.1. The molecular formula is C67H96N24O11. The molecule has 35 heteroatoms. The Bertz CT molecular complexity index is 3960. The van der Waals surface area contributed by atoms with Crippen LogP contribution in [0.4, 0.5) is 0 Å². The topological polar surface area (TPSA) is 621 Å². The van der Waals surface area contributed by atoms with Crippen LogP contribution >= 0.6 is 0 Å². The molecule has 0 saturated carbocycles. The molecule has 0 aliphatic heterocycles. The molecule has 31 N–H and O–H groups in total. The molecular weight excluding hydrogens is 1320 g/mol. The summed E-state index contributed by atoms with van der Waals surface area (Å²) in [7, 11) is 0. The number of nitrogens with one attached hydrogen (secondary N) is 17. The lowest BCUT2D eigenvalue weighted by Crippen LogP contribution is -2.61. The van der Waals surface area contributed by atoms with Crippen LogP contribution in [0.2, 0.25) is 0 Å². The summed E-state index contributed by atoms with van der Waals surface area (Å²) in [6.07, 6.45) is 3.51. The first-order valence-corrected chi connectivity index (χ1v) is 33.6. The molecule has 0 aliphatic carbocycles. The molecule has 0 aliphatic rings. The summed E-state index contributed by atoms with van der Waals surface area (Å²) < 4.78 is 0. The quantitative estimate of drug-likeness (QED) is 0.0105. The van der Waals surface area contributed by atoms with E-state index in [2.05, 4.69) is 73.4 Å². The third kappa shape index (κ3) is 24.6. The molecule has 3 heterocycles. The van der Waals surface area contributed by atoms with Crippen LogP contribution in [-0.2, 0) is 72.0 Å². The van der Waals surface area contributed by atoms with Crippen molar-refractivity contribution in [2.45, 2.75) is 158 Å². The Morgan fingerprint density at radius 2 is 0.696 bits per heavy atom. The first-order chi connectivity index (χ1) is 48.6. The highest BCUT2D eigenvalue weighted by molar-refractivity contribution is 6.00. The molecule has 0 unspecified atom stereocenters. The van der Waals surface area contributed by atoms with E-state index in [0.29, 0.717) is 44.9 Å². The smallest absolute Gasteiger partial charge is 0.243 e. The molecule has 3 aromatic heterocycles. The number of carbonyl (C=O) groups excluding carboxylic acids is 11. The summed E-state index contributed by atoms with van der Waals surface area (Å²) >= 11 is 0. The number of benzene rings is 3. The second-order valence-corrected chi connectivity index (χ2v) is 25.0. The molecule has 11 amide bonds. The molecule has 0 saturated heterocycles. The predicted octanol–water partition coefficient (Wildman–Crippen LogP) is -2.78. The van der Waals surface area contributed by atoms with Crippen LogP contribution in [0.1, 0.15) is 101 Å². The van der Waals surface area contributed by atoms with E-state index in [1.807, 2.05) is 18.2 Å². The van der Waals surface area contributed by atoms with Crippen molar-refractivity contribution in [3.8, 4) is 0 Å². The normalized spacial score (nSPS) is 14.1. The first-order valence-electron chi connectivity index (χ1n) is 33.6. The maximum Gasteiger partial charge on any atom is 0.243 e. The van der Waals surface area contributed by atoms with Crippen molar-refractivity contribution in [2.24, 2.45) is 46.1 Å². The van der Waals surface area contributed by atoms with Gasteiger partial charge in [-0.25, -0.2) is 0 Å². The fraction of sp³-hybridized carbons (Fsp3) is 0.433. The fourth-order valence-electron chi connectivity index (χ4n) is 11.4. The number of amides is 11. The zero-order valence-corrected chi connectivity index (χ0v) is 57.0. The number of para-hydroxylation sites is 3. The highest BCUT2D eigenvalue weighted by atomic mass is 16.2. The summed E-state index contributed by atoms with van der Waals surface area (Å²) in [6.45, 7) is 3.66. The Morgan fingerprint density at radius 1 is 0.392 bits per heavy atom. The van der Waals surface area contributed by atoms with Gasteiger partial charge in [0.05, 0.1) is 6.04 Å². The van der Waals surface area contributed by atoms with E-state index in [-0.39, 0.29) is 103 Å². The Balaban J connectivity index is 1.32. The van der Waals surface area contributed by atoms with Gasteiger partial charge in [0, 0.05) is 103 Å². The highest BCUT2D eigenvalue weighted by Gasteiger charge is 2.37. The van der Waals surface area contributed by atoms with Crippen molar-refractivity contribution in [2.75, 3.05) is 19.6 Å². The second-order valence-electron chi connectivity index (χ2n) is 25.0. The molecule has 6 aromatic rings. The van der Waals surface area contributed by atoms with Gasteiger partial charge in [-0.2, -0.15) is 0 Å². The van der Waals surface area contributed by atoms with Crippen LogP contribution in [0, 0.1) is 22.1 Å². The number of primary amides is 3. The van der Waals surface area contributed by atoms with Crippen molar-refractivity contribution in [1.82, 2.24) is 73.4 Å². The Labute approximate surface area is 587 Å². The minimum atomic E-state index is -1.57. The zero-order valence-electron chi connectivity index (χ0n) is 57.0. The number of fused-ring (bicyclic) bond motifs is 3. The van der Waals surface area contributed by atoms with E-state index in [1.54, 1.807) is 87.0 Å². The maximum atomic E-state index is 15.4. The van der Waals surface area contributed by atoms with Crippen LogP contribution in [-0.4, -0.2) is 172 Å². The minimum Gasteiger partial charge on any atom is -0.370 e. The number of aromatic amines is 3. The third-order valence-electron chi connectivity index (χ3n) is 17.2. The van der Waals surface area contributed by atoms with Gasteiger partial charge in [-0.1, -0.05) is 74.9 Å². The molecule has 10 atom stereocenters. The van der Waals surface area contributed by atoms with Crippen molar-refractivity contribution in [3.05, 3.63) is 108 Å². The fourth-order valence-corrected chi connectivity index (χ4v) is 11.4.